The Morgan fingerprint density at radius 1 is 1.27 bits per heavy atom. The van der Waals surface area contributed by atoms with Crippen molar-refractivity contribution in [2.24, 2.45) is 12.0 Å². The average Bonchev–Trinajstić information content (AvgIpc) is 3.30. The largest absolute Gasteiger partial charge is 0.364 e. The molecule has 11 heteroatoms. The van der Waals surface area contributed by atoms with E-state index < -0.39 is 10.0 Å². The van der Waals surface area contributed by atoms with Gasteiger partial charge < -0.3 is 14.7 Å². The van der Waals surface area contributed by atoms with E-state index in [1.54, 1.807) is 6.07 Å². The molecule has 0 bridgehead atoms. The molecule has 0 amide bonds. The molecule has 1 aliphatic heterocycles. The minimum absolute atomic E-state index is 0.137. The minimum Gasteiger partial charge on any atom is -0.364 e. The van der Waals surface area contributed by atoms with Crippen LogP contribution in [0.4, 0.5) is 0 Å². The van der Waals surface area contributed by atoms with Crippen molar-refractivity contribution in [3.63, 3.8) is 0 Å². The molecule has 0 unspecified atom stereocenters. The Kier molecular flexibility index (Phi) is 7.14. The molecular formula is C19H31N7O3S. The van der Waals surface area contributed by atoms with Gasteiger partial charge in [0.05, 0.1) is 11.4 Å². The lowest BCUT2D eigenvalue weighted by atomic mass is 10.1. The first-order chi connectivity index (χ1) is 14.3. The molecule has 0 atom stereocenters. The van der Waals surface area contributed by atoms with Gasteiger partial charge >= 0.3 is 0 Å². The van der Waals surface area contributed by atoms with Crippen LogP contribution >= 0.6 is 0 Å². The summed E-state index contributed by atoms with van der Waals surface area (Å²) in [5.74, 6) is 0.687. The van der Waals surface area contributed by atoms with Crippen molar-refractivity contribution in [3.8, 4) is 0 Å². The molecule has 3 rings (SSSR count). The van der Waals surface area contributed by atoms with Crippen LogP contribution in [0.1, 0.15) is 29.6 Å². The lowest BCUT2D eigenvalue weighted by molar-refractivity contribution is 0.260. The molecule has 0 spiro atoms. The van der Waals surface area contributed by atoms with Crippen LogP contribution in [0.2, 0.25) is 0 Å². The molecule has 166 valence electrons. The highest BCUT2D eigenvalue weighted by Gasteiger charge is 2.29. The Labute approximate surface area is 178 Å². The standard InChI is InChI=1S/C19H31N7O3S/c1-5-20-19(21-8-6-18-15(2)22-24(4)16(18)3)25-9-11-26(12-10-25)30(27,28)14-17-7-13-29-23-17/h7,13H,5-6,8-12,14H2,1-4H3,(H,20,21). The normalized spacial score (nSPS) is 16.3. The van der Waals surface area contributed by atoms with Crippen molar-refractivity contribution < 1.29 is 12.9 Å². The SMILES string of the molecule is CCNC(=NCCc1c(C)nn(C)c1C)N1CCN(S(=O)(=O)Cc2ccon2)CC1. The topological polar surface area (TPSA) is 109 Å². The number of sulfonamides is 1. The molecule has 10 nitrogen and oxygen atoms in total. The third-order valence-corrected chi connectivity index (χ3v) is 7.18. The van der Waals surface area contributed by atoms with Gasteiger partial charge in [0.1, 0.15) is 12.0 Å². The summed E-state index contributed by atoms with van der Waals surface area (Å²) in [6, 6.07) is 1.58. The zero-order valence-corrected chi connectivity index (χ0v) is 18.9. The first-order valence-electron chi connectivity index (χ1n) is 10.2. The van der Waals surface area contributed by atoms with Crippen LogP contribution in [0, 0.1) is 13.8 Å². The third-order valence-electron chi connectivity index (χ3n) is 5.37. The van der Waals surface area contributed by atoms with E-state index in [2.05, 4.69) is 27.4 Å². The fourth-order valence-corrected chi connectivity index (χ4v) is 5.07. The maximum absolute atomic E-state index is 12.6. The van der Waals surface area contributed by atoms with E-state index in [4.69, 9.17) is 9.52 Å². The van der Waals surface area contributed by atoms with E-state index >= 15 is 0 Å². The number of aryl methyl sites for hydroxylation is 2. The zero-order chi connectivity index (χ0) is 21.7. The van der Waals surface area contributed by atoms with Crippen molar-refractivity contribution in [3.05, 3.63) is 35.0 Å². The molecule has 2 aromatic heterocycles. The number of guanidine groups is 1. The Morgan fingerprint density at radius 2 is 2.00 bits per heavy atom. The van der Waals surface area contributed by atoms with Crippen LogP contribution in [0.15, 0.2) is 21.8 Å². The molecule has 0 aliphatic carbocycles. The molecule has 1 fully saturated rings. The van der Waals surface area contributed by atoms with Gasteiger partial charge in [0.2, 0.25) is 10.0 Å². The van der Waals surface area contributed by atoms with Crippen LogP contribution in [0.5, 0.6) is 0 Å². The summed E-state index contributed by atoms with van der Waals surface area (Å²) in [5, 5.41) is 11.5. The van der Waals surface area contributed by atoms with E-state index in [0.29, 0.717) is 38.4 Å². The van der Waals surface area contributed by atoms with Gasteiger partial charge in [-0.15, -0.1) is 0 Å². The second kappa shape index (κ2) is 9.61. The van der Waals surface area contributed by atoms with E-state index in [1.165, 1.54) is 21.8 Å². The smallest absolute Gasteiger partial charge is 0.220 e. The van der Waals surface area contributed by atoms with Crippen LogP contribution < -0.4 is 5.32 Å². The number of rotatable bonds is 7. The van der Waals surface area contributed by atoms with Crippen molar-refractivity contribution in [1.29, 1.82) is 0 Å². The van der Waals surface area contributed by atoms with E-state index in [9.17, 15) is 8.42 Å². The number of hydrogen-bond donors (Lipinski definition) is 1. The number of aromatic nitrogens is 3. The van der Waals surface area contributed by atoms with Crippen molar-refractivity contribution in [2.45, 2.75) is 32.9 Å². The second-order valence-corrected chi connectivity index (χ2v) is 9.36. The molecular weight excluding hydrogens is 406 g/mol. The van der Waals surface area contributed by atoms with E-state index in [0.717, 1.165) is 24.6 Å². The summed E-state index contributed by atoms with van der Waals surface area (Å²) in [6.45, 7) is 9.57. The van der Waals surface area contributed by atoms with Crippen LogP contribution in [-0.4, -0.2) is 77.8 Å². The van der Waals surface area contributed by atoms with Gasteiger partial charge in [0.15, 0.2) is 5.96 Å². The molecule has 1 saturated heterocycles. The lowest BCUT2D eigenvalue weighted by Gasteiger charge is -2.35. The molecule has 30 heavy (non-hydrogen) atoms. The van der Waals surface area contributed by atoms with Crippen molar-refractivity contribution >= 4 is 16.0 Å². The van der Waals surface area contributed by atoms with Gasteiger partial charge in [-0.25, -0.2) is 8.42 Å². The quantitative estimate of drug-likeness (QED) is 0.501. The van der Waals surface area contributed by atoms with Crippen LogP contribution in [0.25, 0.3) is 0 Å². The van der Waals surface area contributed by atoms with Gasteiger partial charge in [-0.05, 0) is 32.8 Å². The third kappa shape index (κ3) is 5.20. The first-order valence-corrected chi connectivity index (χ1v) is 11.8. The number of hydrogen-bond acceptors (Lipinski definition) is 6. The first kappa shape index (κ1) is 22.3. The van der Waals surface area contributed by atoms with Gasteiger partial charge in [-0.2, -0.15) is 9.40 Å². The predicted molar refractivity (Wildman–Crippen MR) is 115 cm³/mol. The number of nitrogens with zero attached hydrogens (tertiary/aromatic N) is 6. The van der Waals surface area contributed by atoms with Gasteiger partial charge in [-0.3, -0.25) is 9.67 Å². The second-order valence-electron chi connectivity index (χ2n) is 7.39. The van der Waals surface area contributed by atoms with Gasteiger partial charge in [0, 0.05) is 58.1 Å². The molecule has 2 aromatic rings. The number of piperazine rings is 1. The molecule has 0 aromatic carbocycles. The Balaban J connectivity index is 1.59. The monoisotopic (exact) mass is 437 g/mol. The van der Waals surface area contributed by atoms with Crippen molar-refractivity contribution in [2.75, 3.05) is 39.3 Å². The summed E-state index contributed by atoms with van der Waals surface area (Å²) in [6.07, 6.45) is 2.21. The van der Waals surface area contributed by atoms with Gasteiger partial charge in [0.25, 0.3) is 0 Å². The van der Waals surface area contributed by atoms with Gasteiger partial charge in [-0.1, -0.05) is 5.16 Å². The Bertz CT molecular complexity index is 959. The van der Waals surface area contributed by atoms with Crippen molar-refractivity contribution in [1.82, 2.24) is 29.5 Å². The summed E-state index contributed by atoms with van der Waals surface area (Å²) >= 11 is 0. The maximum atomic E-state index is 12.6. The highest BCUT2D eigenvalue weighted by molar-refractivity contribution is 7.88. The highest BCUT2D eigenvalue weighted by Crippen LogP contribution is 2.14. The molecule has 1 aliphatic rings. The maximum Gasteiger partial charge on any atom is 0.220 e. The Hall–Kier alpha value is -2.40. The number of nitrogens with one attached hydrogen (secondary N) is 1. The summed E-state index contributed by atoms with van der Waals surface area (Å²) in [7, 11) is -1.46. The highest BCUT2D eigenvalue weighted by atomic mass is 32.2. The fraction of sp³-hybridized carbons (Fsp3) is 0.632. The Morgan fingerprint density at radius 3 is 2.57 bits per heavy atom. The summed E-state index contributed by atoms with van der Waals surface area (Å²) in [4.78, 5) is 6.90. The zero-order valence-electron chi connectivity index (χ0n) is 18.1. The fourth-order valence-electron chi connectivity index (χ4n) is 3.65. The molecule has 0 radical (unpaired) electrons. The predicted octanol–water partition coefficient (Wildman–Crippen LogP) is 0.681. The van der Waals surface area contributed by atoms with Crippen LogP contribution in [-0.2, 0) is 29.2 Å². The molecule has 3 heterocycles. The lowest BCUT2D eigenvalue weighted by Crippen LogP contribution is -2.54. The van der Waals surface area contributed by atoms with E-state index in [1.807, 2.05) is 25.6 Å². The molecule has 1 N–H and O–H groups in total. The average molecular weight is 438 g/mol. The van der Waals surface area contributed by atoms with Crippen LogP contribution in [0.3, 0.4) is 0 Å². The minimum atomic E-state index is -3.41. The van der Waals surface area contributed by atoms with E-state index in [-0.39, 0.29) is 5.75 Å². The number of aliphatic imine (C=N–C) groups is 1. The molecule has 0 saturated carbocycles. The summed E-state index contributed by atoms with van der Waals surface area (Å²) in [5.41, 5.74) is 3.87. The summed E-state index contributed by atoms with van der Waals surface area (Å²) < 4.78 is 33.4.